The summed E-state index contributed by atoms with van der Waals surface area (Å²) in [7, 11) is 1.31. The summed E-state index contributed by atoms with van der Waals surface area (Å²) >= 11 is 12.4. The third kappa shape index (κ3) is 5.08. The van der Waals surface area contributed by atoms with Crippen molar-refractivity contribution in [1.29, 1.82) is 0 Å². The lowest BCUT2D eigenvalue weighted by Gasteiger charge is -2.26. The van der Waals surface area contributed by atoms with Gasteiger partial charge in [0, 0.05) is 35.0 Å². The molecule has 1 aliphatic carbocycles. The van der Waals surface area contributed by atoms with Crippen LogP contribution in [0.1, 0.15) is 33.6 Å². The van der Waals surface area contributed by atoms with Gasteiger partial charge in [0.15, 0.2) is 11.6 Å². The van der Waals surface area contributed by atoms with Crippen LogP contribution in [0, 0.1) is 11.7 Å². The zero-order valence-electron chi connectivity index (χ0n) is 18.3. The summed E-state index contributed by atoms with van der Waals surface area (Å²) in [6.07, 6.45) is 2.40. The Morgan fingerprint density at radius 2 is 1.89 bits per heavy atom. The molecular formula is C24H20Cl2FN3O5. The summed E-state index contributed by atoms with van der Waals surface area (Å²) in [6, 6.07) is 9.59. The van der Waals surface area contributed by atoms with Gasteiger partial charge in [-0.3, -0.25) is 14.5 Å². The second kappa shape index (κ2) is 9.43. The van der Waals surface area contributed by atoms with E-state index in [2.05, 4.69) is 4.98 Å². The van der Waals surface area contributed by atoms with E-state index in [0.717, 1.165) is 11.0 Å². The molecule has 0 radical (unpaired) electrons. The number of benzene rings is 2. The molecule has 0 bridgehead atoms. The second-order valence-electron chi connectivity index (χ2n) is 8.10. The number of primary amides is 1. The quantitative estimate of drug-likeness (QED) is 0.405. The number of ether oxygens (including phenoxy) is 1. The molecule has 182 valence electrons. The van der Waals surface area contributed by atoms with Gasteiger partial charge in [-0.2, -0.15) is 0 Å². The molecule has 0 unspecified atom stereocenters. The molecule has 11 heteroatoms. The SMILES string of the molecule is CN(C(=O)c1c(F)cccc1Cl)c1ncc(-c2cc(C(N)=O)ccc2Cl)cc1OC(O)(O)C1CC1. The highest BCUT2D eigenvalue weighted by Gasteiger charge is 2.46. The van der Waals surface area contributed by atoms with Crippen molar-refractivity contribution in [1.82, 2.24) is 4.98 Å². The zero-order valence-corrected chi connectivity index (χ0v) is 19.8. The van der Waals surface area contributed by atoms with Crippen LogP contribution in [-0.2, 0) is 0 Å². The maximum atomic E-state index is 14.4. The van der Waals surface area contributed by atoms with Crippen molar-refractivity contribution in [2.24, 2.45) is 11.7 Å². The van der Waals surface area contributed by atoms with Gasteiger partial charge >= 0.3 is 5.97 Å². The van der Waals surface area contributed by atoms with Gasteiger partial charge in [0.25, 0.3) is 5.91 Å². The molecule has 0 saturated heterocycles. The molecule has 8 nitrogen and oxygen atoms in total. The van der Waals surface area contributed by atoms with Gasteiger partial charge in [0.1, 0.15) is 5.82 Å². The van der Waals surface area contributed by atoms with Crippen LogP contribution in [0.3, 0.4) is 0 Å². The normalized spacial score (nSPS) is 13.4. The van der Waals surface area contributed by atoms with Crippen molar-refractivity contribution in [3.8, 4) is 16.9 Å². The molecule has 3 aromatic rings. The monoisotopic (exact) mass is 519 g/mol. The Morgan fingerprint density at radius 1 is 1.17 bits per heavy atom. The van der Waals surface area contributed by atoms with Crippen molar-refractivity contribution < 1.29 is 28.9 Å². The van der Waals surface area contributed by atoms with E-state index in [0.29, 0.717) is 24.0 Å². The van der Waals surface area contributed by atoms with Crippen molar-refractivity contribution in [3.63, 3.8) is 0 Å². The Kier molecular flexibility index (Phi) is 6.70. The van der Waals surface area contributed by atoms with Gasteiger partial charge < -0.3 is 20.7 Å². The fourth-order valence-electron chi connectivity index (χ4n) is 3.48. The summed E-state index contributed by atoms with van der Waals surface area (Å²) in [5.74, 6) is -5.73. The fraction of sp³-hybridized carbons (Fsp3) is 0.208. The molecule has 1 aliphatic rings. The molecule has 0 spiro atoms. The van der Waals surface area contributed by atoms with Gasteiger partial charge in [-0.25, -0.2) is 9.37 Å². The minimum atomic E-state index is -2.53. The minimum absolute atomic E-state index is 0.104. The lowest BCUT2D eigenvalue weighted by molar-refractivity contribution is -0.305. The number of nitrogens with two attached hydrogens (primary N) is 1. The highest BCUT2D eigenvalue weighted by atomic mass is 35.5. The summed E-state index contributed by atoms with van der Waals surface area (Å²) in [6.45, 7) is 0. The van der Waals surface area contributed by atoms with Crippen LogP contribution in [0.15, 0.2) is 48.7 Å². The maximum absolute atomic E-state index is 14.4. The van der Waals surface area contributed by atoms with Crippen molar-refractivity contribution in [2.75, 3.05) is 11.9 Å². The van der Waals surface area contributed by atoms with E-state index in [1.165, 1.54) is 49.6 Å². The second-order valence-corrected chi connectivity index (χ2v) is 8.91. The number of hydrogen-bond acceptors (Lipinski definition) is 6. The zero-order chi connectivity index (χ0) is 25.5. The molecule has 2 aromatic carbocycles. The number of anilines is 1. The predicted molar refractivity (Wildman–Crippen MR) is 128 cm³/mol. The van der Waals surface area contributed by atoms with Crippen molar-refractivity contribution in [3.05, 3.63) is 75.7 Å². The number of amides is 2. The fourth-order valence-corrected chi connectivity index (χ4v) is 3.95. The van der Waals surface area contributed by atoms with E-state index in [-0.39, 0.29) is 32.7 Å². The number of aliphatic hydroxyl groups is 2. The Bertz CT molecular complexity index is 1310. The summed E-state index contributed by atoms with van der Waals surface area (Å²) in [4.78, 5) is 30.0. The average Bonchev–Trinajstić information content (AvgIpc) is 3.64. The first-order valence-electron chi connectivity index (χ1n) is 10.4. The summed E-state index contributed by atoms with van der Waals surface area (Å²) in [5, 5.41) is 21.0. The largest absolute Gasteiger partial charge is 0.435 e. The number of rotatable bonds is 7. The van der Waals surface area contributed by atoms with Crippen LogP contribution in [-0.4, -0.2) is 40.0 Å². The molecule has 1 fully saturated rings. The third-order valence-corrected chi connectivity index (χ3v) is 6.21. The van der Waals surface area contributed by atoms with Gasteiger partial charge in [0.2, 0.25) is 5.91 Å². The number of carbonyl (C=O) groups is 2. The van der Waals surface area contributed by atoms with Crippen LogP contribution < -0.4 is 15.4 Å². The van der Waals surface area contributed by atoms with Crippen molar-refractivity contribution in [2.45, 2.75) is 18.8 Å². The van der Waals surface area contributed by atoms with Crippen molar-refractivity contribution >= 4 is 40.8 Å². The van der Waals surface area contributed by atoms with E-state index in [4.69, 9.17) is 33.7 Å². The van der Waals surface area contributed by atoms with Crippen LogP contribution in [0.4, 0.5) is 10.2 Å². The third-order valence-electron chi connectivity index (χ3n) is 5.56. The average molecular weight is 520 g/mol. The topological polar surface area (TPSA) is 126 Å². The number of halogens is 3. The first-order valence-corrected chi connectivity index (χ1v) is 11.2. The Balaban J connectivity index is 1.81. The number of aromatic nitrogens is 1. The highest BCUT2D eigenvalue weighted by molar-refractivity contribution is 6.34. The molecular weight excluding hydrogens is 500 g/mol. The van der Waals surface area contributed by atoms with E-state index >= 15 is 0 Å². The molecule has 4 rings (SSSR count). The summed E-state index contributed by atoms with van der Waals surface area (Å²) < 4.78 is 19.9. The standard InChI is InChI=1S/C24H20Cl2FN3O5/c1-30(23(32)20-17(26)3-2-4-18(20)27)22-19(35-24(33,34)14-6-7-14)10-13(11-29-22)15-9-12(21(28)31)5-8-16(15)25/h2-5,8-11,14,33-34H,6-7H2,1H3,(H2,28,31). The Hall–Kier alpha value is -3.24. The van der Waals surface area contributed by atoms with Crippen LogP contribution in [0.25, 0.3) is 11.1 Å². The number of pyridine rings is 1. The maximum Gasteiger partial charge on any atom is 0.324 e. The van der Waals surface area contributed by atoms with Crippen LogP contribution in [0.5, 0.6) is 5.75 Å². The lowest BCUT2D eigenvalue weighted by Crippen LogP contribution is -2.39. The smallest absolute Gasteiger partial charge is 0.324 e. The Morgan fingerprint density at radius 3 is 2.51 bits per heavy atom. The number of hydrogen-bond donors (Lipinski definition) is 3. The molecule has 1 saturated carbocycles. The van der Waals surface area contributed by atoms with Gasteiger partial charge in [-0.05, 0) is 49.2 Å². The van der Waals surface area contributed by atoms with Gasteiger partial charge in [0.05, 0.1) is 16.5 Å². The Labute approximate surface area is 209 Å². The minimum Gasteiger partial charge on any atom is -0.435 e. The first-order chi connectivity index (χ1) is 16.5. The van der Waals surface area contributed by atoms with E-state index < -0.39 is 29.5 Å². The molecule has 0 atom stereocenters. The van der Waals surface area contributed by atoms with Crippen LogP contribution >= 0.6 is 23.2 Å². The molecule has 1 heterocycles. The van der Waals surface area contributed by atoms with Gasteiger partial charge in [-0.15, -0.1) is 0 Å². The number of carbonyl (C=O) groups excluding carboxylic acids is 2. The predicted octanol–water partition coefficient (Wildman–Crippen LogP) is 4.00. The van der Waals surface area contributed by atoms with Crippen LogP contribution in [0.2, 0.25) is 10.0 Å². The van der Waals surface area contributed by atoms with E-state index in [1.54, 1.807) is 0 Å². The molecule has 1 aromatic heterocycles. The van der Waals surface area contributed by atoms with Gasteiger partial charge in [-0.1, -0.05) is 29.3 Å². The molecule has 2 amide bonds. The van der Waals surface area contributed by atoms with E-state index in [1.807, 2.05) is 0 Å². The lowest BCUT2D eigenvalue weighted by atomic mass is 10.0. The molecule has 4 N–H and O–H groups in total. The molecule has 35 heavy (non-hydrogen) atoms. The first kappa shape index (κ1) is 24.9. The van der Waals surface area contributed by atoms with E-state index in [9.17, 15) is 24.2 Å². The summed E-state index contributed by atoms with van der Waals surface area (Å²) in [5.41, 5.74) is 5.88. The molecule has 0 aliphatic heterocycles. The number of nitrogens with zero attached hydrogens (tertiary/aromatic N) is 2. The highest BCUT2D eigenvalue weighted by Crippen LogP contribution is 2.42.